The Bertz CT molecular complexity index is 1170. The van der Waals surface area contributed by atoms with Crippen LogP contribution in [0.4, 0.5) is 5.69 Å². The van der Waals surface area contributed by atoms with Crippen LogP contribution in [0.5, 0.6) is 0 Å². The fraction of sp³-hybridized carbons (Fsp3) is 0.200. The molecule has 0 fully saturated rings. The minimum Gasteiger partial charge on any atom is -0.457 e. The molecule has 9 heteroatoms. The number of hydrogen-bond acceptors (Lipinski definition) is 7. The fourth-order valence-corrected chi connectivity index (χ4v) is 2.74. The first kappa shape index (κ1) is 19.9. The van der Waals surface area contributed by atoms with Crippen LogP contribution in [0.2, 0.25) is 0 Å². The molecule has 0 saturated carbocycles. The van der Waals surface area contributed by atoms with Crippen LogP contribution in [0.25, 0.3) is 11.0 Å². The predicted octanol–water partition coefficient (Wildman–Crippen LogP) is 2.50. The molecule has 1 aromatic heterocycles. The maximum atomic E-state index is 12.1. The summed E-state index contributed by atoms with van der Waals surface area (Å²) in [6.45, 7) is 1.02. The van der Waals surface area contributed by atoms with Crippen molar-refractivity contribution in [3.63, 3.8) is 0 Å². The number of hydrogen-bond donors (Lipinski definition) is 1. The van der Waals surface area contributed by atoms with E-state index in [1.54, 1.807) is 31.2 Å². The van der Waals surface area contributed by atoms with Gasteiger partial charge >= 0.3 is 5.97 Å². The number of benzene rings is 2. The molecule has 0 unspecified atom stereocenters. The second-order valence-electron chi connectivity index (χ2n) is 6.37. The maximum absolute atomic E-state index is 12.1. The highest BCUT2D eigenvalue weighted by atomic mass is 16.6. The minimum absolute atomic E-state index is 0.0587. The van der Waals surface area contributed by atoms with E-state index in [2.05, 4.69) is 9.97 Å². The summed E-state index contributed by atoms with van der Waals surface area (Å²) >= 11 is 0. The van der Waals surface area contributed by atoms with Gasteiger partial charge in [0.15, 0.2) is 6.61 Å². The molecule has 3 rings (SSSR count). The zero-order valence-electron chi connectivity index (χ0n) is 15.5. The molecule has 0 amide bonds. The number of nitrogens with one attached hydrogen (secondary N) is 1. The van der Waals surface area contributed by atoms with Gasteiger partial charge in [0.25, 0.3) is 11.2 Å². The third-order valence-corrected chi connectivity index (χ3v) is 4.33. The molecule has 1 heterocycles. The van der Waals surface area contributed by atoms with Gasteiger partial charge in [0, 0.05) is 23.6 Å². The number of aromatic amines is 1. The van der Waals surface area contributed by atoms with E-state index in [0.29, 0.717) is 16.6 Å². The topological polar surface area (TPSA) is 132 Å². The number of carbonyl (C=O) groups excluding carboxylic acids is 2. The van der Waals surface area contributed by atoms with Crippen molar-refractivity contribution in [1.29, 1.82) is 0 Å². The van der Waals surface area contributed by atoms with Crippen LogP contribution in [0.1, 0.15) is 28.0 Å². The number of carbonyl (C=O) groups is 2. The molecular formula is C20H17N3O6. The Morgan fingerprint density at radius 2 is 1.97 bits per heavy atom. The monoisotopic (exact) mass is 395 g/mol. The van der Waals surface area contributed by atoms with Crippen molar-refractivity contribution in [2.45, 2.75) is 19.8 Å². The number of H-pyrrole nitrogens is 1. The molecule has 29 heavy (non-hydrogen) atoms. The molecule has 0 aliphatic carbocycles. The van der Waals surface area contributed by atoms with Gasteiger partial charge in [-0.3, -0.25) is 24.5 Å². The molecule has 0 aliphatic rings. The van der Waals surface area contributed by atoms with Gasteiger partial charge in [-0.1, -0.05) is 24.3 Å². The van der Waals surface area contributed by atoms with Gasteiger partial charge in [0.2, 0.25) is 5.78 Å². The number of aryl methyl sites for hydroxylation is 2. The Hall–Kier alpha value is -3.88. The van der Waals surface area contributed by atoms with E-state index in [1.807, 2.05) is 0 Å². The van der Waals surface area contributed by atoms with Crippen LogP contribution in [-0.4, -0.2) is 33.3 Å². The number of nitro groups is 1. The Morgan fingerprint density at radius 3 is 2.72 bits per heavy atom. The predicted molar refractivity (Wildman–Crippen MR) is 104 cm³/mol. The maximum Gasteiger partial charge on any atom is 0.306 e. The van der Waals surface area contributed by atoms with E-state index in [9.17, 15) is 24.5 Å². The number of rotatable bonds is 7. The molecule has 0 aliphatic heterocycles. The van der Waals surface area contributed by atoms with Crippen molar-refractivity contribution < 1.29 is 19.2 Å². The summed E-state index contributed by atoms with van der Waals surface area (Å²) in [5.74, 6) is -1.22. The lowest BCUT2D eigenvalue weighted by molar-refractivity contribution is -0.385. The lowest BCUT2D eigenvalue weighted by Gasteiger charge is -2.06. The van der Waals surface area contributed by atoms with E-state index in [4.69, 9.17) is 4.74 Å². The number of esters is 1. The lowest BCUT2D eigenvalue weighted by atomic mass is 10.1. The number of nitro benzene ring substituents is 1. The molecule has 0 bridgehead atoms. The van der Waals surface area contributed by atoms with Crippen LogP contribution >= 0.6 is 0 Å². The summed E-state index contributed by atoms with van der Waals surface area (Å²) in [5.41, 5.74) is 1.34. The zero-order chi connectivity index (χ0) is 21.0. The lowest BCUT2D eigenvalue weighted by Crippen LogP contribution is -2.18. The fourth-order valence-electron chi connectivity index (χ4n) is 2.74. The summed E-state index contributed by atoms with van der Waals surface area (Å²) < 4.78 is 4.94. The zero-order valence-corrected chi connectivity index (χ0v) is 15.5. The third kappa shape index (κ3) is 4.70. The number of aromatic nitrogens is 2. The second kappa shape index (κ2) is 8.42. The number of ketones is 1. The van der Waals surface area contributed by atoms with E-state index in [1.165, 1.54) is 12.1 Å². The van der Waals surface area contributed by atoms with Crippen molar-refractivity contribution in [2.24, 2.45) is 0 Å². The SMILES string of the molecule is Cc1ccc(C(=O)COC(=O)CCc2nc3ccccc3[nH]c2=O)cc1[N+](=O)[O-]. The van der Waals surface area contributed by atoms with E-state index >= 15 is 0 Å². The molecule has 0 saturated heterocycles. The Morgan fingerprint density at radius 1 is 1.21 bits per heavy atom. The molecule has 1 N–H and O–H groups in total. The van der Waals surface area contributed by atoms with Crippen LogP contribution in [0.15, 0.2) is 47.3 Å². The minimum atomic E-state index is -0.672. The van der Waals surface area contributed by atoms with Gasteiger partial charge < -0.3 is 9.72 Å². The van der Waals surface area contributed by atoms with Crippen LogP contribution in [0, 0.1) is 17.0 Å². The Labute approximate surface area is 164 Å². The first-order valence-electron chi connectivity index (χ1n) is 8.77. The molecule has 0 atom stereocenters. The van der Waals surface area contributed by atoms with Crippen molar-refractivity contribution in [3.8, 4) is 0 Å². The molecule has 0 spiro atoms. The average molecular weight is 395 g/mol. The first-order valence-corrected chi connectivity index (χ1v) is 8.77. The molecule has 2 aromatic carbocycles. The molecule has 0 radical (unpaired) electrons. The number of ether oxygens (including phenoxy) is 1. The summed E-state index contributed by atoms with van der Waals surface area (Å²) in [4.78, 5) is 53.4. The molecular weight excluding hydrogens is 378 g/mol. The summed E-state index contributed by atoms with van der Waals surface area (Å²) in [7, 11) is 0. The summed E-state index contributed by atoms with van der Waals surface area (Å²) in [6, 6.07) is 11.1. The van der Waals surface area contributed by atoms with Gasteiger partial charge in [0.1, 0.15) is 5.69 Å². The Kier molecular flexibility index (Phi) is 5.77. The highest BCUT2D eigenvalue weighted by molar-refractivity contribution is 5.98. The first-order chi connectivity index (χ1) is 13.8. The number of para-hydroxylation sites is 2. The van der Waals surface area contributed by atoms with Gasteiger partial charge in [-0.2, -0.15) is 0 Å². The normalized spacial score (nSPS) is 10.7. The Balaban J connectivity index is 1.58. The van der Waals surface area contributed by atoms with Crippen molar-refractivity contribution in [2.75, 3.05) is 6.61 Å². The van der Waals surface area contributed by atoms with Crippen LogP contribution in [-0.2, 0) is 16.0 Å². The second-order valence-corrected chi connectivity index (χ2v) is 6.37. The third-order valence-electron chi connectivity index (χ3n) is 4.33. The van der Waals surface area contributed by atoms with Crippen molar-refractivity contribution in [1.82, 2.24) is 9.97 Å². The van der Waals surface area contributed by atoms with Crippen molar-refractivity contribution >= 4 is 28.5 Å². The molecule has 3 aromatic rings. The molecule has 148 valence electrons. The quantitative estimate of drug-likeness (QED) is 0.281. The van der Waals surface area contributed by atoms with E-state index < -0.39 is 23.3 Å². The standard InChI is InChI=1S/C20H17N3O6/c1-12-6-7-13(10-17(12)23(27)28)18(24)11-29-19(25)9-8-16-20(26)22-15-5-3-2-4-14(15)21-16/h2-7,10H,8-9,11H2,1H3,(H,22,26). The number of nitrogens with zero attached hydrogens (tertiary/aromatic N) is 2. The van der Waals surface area contributed by atoms with Crippen molar-refractivity contribution in [3.05, 3.63) is 79.8 Å². The highest BCUT2D eigenvalue weighted by Gasteiger charge is 2.17. The van der Waals surface area contributed by atoms with E-state index in [-0.39, 0.29) is 35.3 Å². The number of fused-ring (bicyclic) bond motifs is 1. The van der Waals surface area contributed by atoms with Crippen LogP contribution < -0.4 is 5.56 Å². The summed E-state index contributed by atoms with van der Waals surface area (Å²) in [6.07, 6.45) is -0.0705. The number of Topliss-reactive ketones (excluding diaryl/α,β-unsaturated/α-hetero) is 1. The van der Waals surface area contributed by atoms with E-state index in [0.717, 1.165) is 6.07 Å². The summed E-state index contributed by atoms with van der Waals surface area (Å²) in [5, 5.41) is 11.0. The van der Waals surface area contributed by atoms with Gasteiger partial charge in [-0.15, -0.1) is 0 Å². The van der Waals surface area contributed by atoms with Crippen LogP contribution in [0.3, 0.4) is 0 Å². The van der Waals surface area contributed by atoms with Gasteiger partial charge in [-0.25, -0.2) is 4.98 Å². The highest BCUT2D eigenvalue weighted by Crippen LogP contribution is 2.19. The van der Waals surface area contributed by atoms with Gasteiger partial charge in [0.05, 0.1) is 22.4 Å². The molecule has 9 nitrogen and oxygen atoms in total. The smallest absolute Gasteiger partial charge is 0.306 e. The average Bonchev–Trinajstić information content (AvgIpc) is 2.70. The van der Waals surface area contributed by atoms with Gasteiger partial charge in [-0.05, 0) is 19.1 Å². The largest absolute Gasteiger partial charge is 0.457 e.